The Bertz CT molecular complexity index is 350. The zero-order valence-corrected chi connectivity index (χ0v) is 11.1. The fourth-order valence-electron chi connectivity index (χ4n) is 0.868. The summed E-state index contributed by atoms with van der Waals surface area (Å²) in [4.78, 5) is 11.4. The van der Waals surface area contributed by atoms with Crippen LogP contribution in [0.25, 0.3) is 0 Å². The molecule has 1 amide bonds. The van der Waals surface area contributed by atoms with Gasteiger partial charge in [-0.05, 0) is 34.1 Å². The van der Waals surface area contributed by atoms with Crippen molar-refractivity contribution in [3.8, 4) is 0 Å². The molecule has 14 heavy (non-hydrogen) atoms. The summed E-state index contributed by atoms with van der Waals surface area (Å²) in [7, 11) is 0. The van der Waals surface area contributed by atoms with Gasteiger partial charge in [0.1, 0.15) is 0 Å². The maximum atomic E-state index is 11.4. The van der Waals surface area contributed by atoms with E-state index in [1.165, 1.54) is 0 Å². The minimum absolute atomic E-state index is 0.00875. The van der Waals surface area contributed by atoms with Gasteiger partial charge in [-0.1, -0.05) is 29.8 Å². The molecule has 1 N–H and O–H groups in total. The van der Waals surface area contributed by atoms with Crippen molar-refractivity contribution < 1.29 is 4.79 Å². The van der Waals surface area contributed by atoms with Crippen molar-refractivity contribution >= 4 is 43.5 Å². The van der Waals surface area contributed by atoms with Gasteiger partial charge >= 0.3 is 0 Å². The number of carbonyl (C=O) groups excluding carboxylic acids is 1. The number of hydrogen-bond acceptors (Lipinski definition) is 1. The first-order valence-corrected chi connectivity index (χ1v) is 5.85. The Balaban J connectivity index is 2.82. The van der Waals surface area contributed by atoms with Crippen molar-refractivity contribution in [2.45, 2.75) is 13.8 Å². The van der Waals surface area contributed by atoms with Crippen LogP contribution in [0.3, 0.4) is 0 Å². The molecule has 0 radical (unpaired) electrons. The van der Waals surface area contributed by atoms with Crippen LogP contribution in [0.4, 0.5) is 5.69 Å². The van der Waals surface area contributed by atoms with Gasteiger partial charge in [-0.25, -0.2) is 0 Å². The third-order valence-electron chi connectivity index (χ3n) is 1.71. The molecule has 0 bridgehead atoms. The fourth-order valence-corrected chi connectivity index (χ4v) is 2.01. The molecule has 1 aromatic carbocycles. The predicted molar refractivity (Wildman–Crippen MR) is 65.3 cm³/mol. The Labute approximate surface area is 100 Å². The Morgan fingerprint density at radius 2 is 2.00 bits per heavy atom. The SMILES string of the molecule is CC(C)C(=O)Nc1ccc(Br)cc1Br. The first-order valence-electron chi connectivity index (χ1n) is 4.26. The van der Waals surface area contributed by atoms with Crippen LogP contribution in [0.2, 0.25) is 0 Å². The predicted octanol–water partition coefficient (Wildman–Crippen LogP) is 3.81. The van der Waals surface area contributed by atoms with E-state index in [9.17, 15) is 4.79 Å². The molecule has 0 aliphatic heterocycles. The van der Waals surface area contributed by atoms with E-state index in [0.717, 1.165) is 14.6 Å². The second kappa shape index (κ2) is 4.94. The van der Waals surface area contributed by atoms with Crippen LogP contribution in [-0.4, -0.2) is 5.91 Å². The van der Waals surface area contributed by atoms with Crippen molar-refractivity contribution in [1.29, 1.82) is 0 Å². The summed E-state index contributed by atoms with van der Waals surface area (Å²) in [6, 6.07) is 5.64. The van der Waals surface area contributed by atoms with Crippen LogP contribution in [-0.2, 0) is 4.79 Å². The molecule has 0 atom stereocenters. The van der Waals surface area contributed by atoms with Gasteiger partial charge in [0.05, 0.1) is 5.69 Å². The quantitative estimate of drug-likeness (QED) is 0.882. The first kappa shape index (κ1) is 11.7. The molecule has 2 nitrogen and oxygen atoms in total. The minimum Gasteiger partial charge on any atom is -0.325 e. The Morgan fingerprint density at radius 3 is 2.50 bits per heavy atom. The van der Waals surface area contributed by atoms with Crippen LogP contribution in [0.15, 0.2) is 27.1 Å². The summed E-state index contributed by atoms with van der Waals surface area (Å²) in [6.07, 6.45) is 0. The molecule has 1 aromatic rings. The standard InChI is InChI=1S/C10H11Br2NO/c1-6(2)10(14)13-9-4-3-7(11)5-8(9)12/h3-6H,1-2H3,(H,13,14). The van der Waals surface area contributed by atoms with E-state index in [2.05, 4.69) is 37.2 Å². The summed E-state index contributed by atoms with van der Waals surface area (Å²) in [6.45, 7) is 3.73. The second-order valence-electron chi connectivity index (χ2n) is 3.27. The zero-order chi connectivity index (χ0) is 10.7. The lowest BCUT2D eigenvalue weighted by Gasteiger charge is -2.09. The molecule has 0 fully saturated rings. The van der Waals surface area contributed by atoms with Gasteiger partial charge in [0, 0.05) is 14.9 Å². The normalized spacial score (nSPS) is 10.4. The van der Waals surface area contributed by atoms with Crippen molar-refractivity contribution in [1.82, 2.24) is 0 Å². The molecule has 0 unspecified atom stereocenters. The van der Waals surface area contributed by atoms with E-state index < -0.39 is 0 Å². The highest BCUT2D eigenvalue weighted by Gasteiger charge is 2.08. The van der Waals surface area contributed by atoms with Crippen LogP contribution in [0.1, 0.15) is 13.8 Å². The summed E-state index contributed by atoms with van der Waals surface area (Å²) in [5.41, 5.74) is 0.798. The van der Waals surface area contributed by atoms with E-state index in [1.807, 2.05) is 32.0 Å². The maximum absolute atomic E-state index is 11.4. The lowest BCUT2D eigenvalue weighted by molar-refractivity contribution is -0.118. The third-order valence-corrected chi connectivity index (χ3v) is 2.86. The summed E-state index contributed by atoms with van der Waals surface area (Å²) in [5.74, 6) is 0.0126. The number of carbonyl (C=O) groups is 1. The van der Waals surface area contributed by atoms with Gasteiger partial charge in [-0.2, -0.15) is 0 Å². The molecule has 0 spiro atoms. The number of nitrogens with one attached hydrogen (secondary N) is 1. The van der Waals surface area contributed by atoms with E-state index in [0.29, 0.717) is 0 Å². The van der Waals surface area contributed by atoms with Crippen LogP contribution in [0, 0.1) is 5.92 Å². The minimum atomic E-state index is -0.00875. The molecule has 0 aliphatic rings. The van der Waals surface area contributed by atoms with E-state index in [1.54, 1.807) is 0 Å². The van der Waals surface area contributed by atoms with Crippen LogP contribution < -0.4 is 5.32 Å². The summed E-state index contributed by atoms with van der Waals surface area (Å²) < 4.78 is 1.85. The highest BCUT2D eigenvalue weighted by Crippen LogP contribution is 2.26. The van der Waals surface area contributed by atoms with Gasteiger partial charge in [0.2, 0.25) is 5.91 Å². The number of hydrogen-bond donors (Lipinski definition) is 1. The fraction of sp³-hybridized carbons (Fsp3) is 0.300. The van der Waals surface area contributed by atoms with Crippen LogP contribution >= 0.6 is 31.9 Å². The van der Waals surface area contributed by atoms with Gasteiger partial charge in [0.15, 0.2) is 0 Å². The molecule has 0 aliphatic carbocycles. The number of benzene rings is 1. The van der Waals surface area contributed by atoms with Gasteiger partial charge in [-0.15, -0.1) is 0 Å². The number of amides is 1. The Kier molecular flexibility index (Phi) is 4.13. The zero-order valence-electron chi connectivity index (χ0n) is 7.97. The third kappa shape index (κ3) is 3.10. The molecule has 0 saturated heterocycles. The smallest absolute Gasteiger partial charge is 0.226 e. The molecule has 0 heterocycles. The molecular formula is C10H11Br2NO. The monoisotopic (exact) mass is 319 g/mol. The largest absolute Gasteiger partial charge is 0.325 e. The Hall–Kier alpha value is -0.350. The van der Waals surface area contributed by atoms with E-state index >= 15 is 0 Å². The molecular weight excluding hydrogens is 310 g/mol. The average Bonchev–Trinajstić information content (AvgIpc) is 2.09. The Morgan fingerprint density at radius 1 is 1.36 bits per heavy atom. The lowest BCUT2D eigenvalue weighted by atomic mass is 10.2. The summed E-state index contributed by atoms with van der Waals surface area (Å²) in [5, 5.41) is 2.83. The number of rotatable bonds is 2. The second-order valence-corrected chi connectivity index (χ2v) is 5.04. The topological polar surface area (TPSA) is 29.1 Å². The lowest BCUT2D eigenvalue weighted by Crippen LogP contribution is -2.17. The van der Waals surface area contributed by atoms with Crippen molar-refractivity contribution in [3.05, 3.63) is 27.1 Å². The van der Waals surface area contributed by atoms with Gasteiger partial charge in [0.25, 0.3) is 0 Å². The summed E-state index contributed by atoms with van der Waals surface area (Å²) >= 11 is 6.73. The van der Waals surface area contributed by atoms with Crippen molar-refractivity contribution in [2.24, 2.45) is 5.92 Å². The average molecular weight is 321 g/mol. The number of anilines is 1. The van der Waals surface area contributed by atoms with Crippen LogP contribution in [0.5, 0.6) is 0 Å². The van der Waals surface area contributed by atoms with Gasteiger partial charge in [-0.3, -0.25) is 4.79 Å². The molecule has 1 rings (SSSR count). The maximum Gasteiger partial charge on any atom is 0.226 e. The molecule has 0 aromatic heterocycles. The highest BCUT2D eigenvalue weighted by atomic mass is 79.9. The molecule has 4 heteroatoms. The molecule has 76 valence electrons. The van der Waals surface area contributed by atoms with Crippen molar-refractivity contribution in [3.63, 3.8) is 0 Å². The number of halogens is 2. The molecule has 0 saturated carbocycles. The van der Waals surface area contributed by atoms with Gasteiger partial charge < -0.3 is 5.32 Å². The van der Waals surface area contributed by atoms with E-state index in [4.69, 9.17) is 0 Å². The van der Waals surface area contributed by atoms with E-state index in [-0.39, 0.29) is 11.8 Å². The highest BCUT2D eigenvalue weighted by molar-refractivity contribution is 9.11. The first-order chi connectivity index (χ1) is 6.50. The van der Waals surface area contributed by atoms with Crippen molar-refractivity contribution in [2.75, 3.05) is 5.32 Å².